The van der Waals surface area contributed by atoms with Crippen LogP contribution in [0.15, 0.2) is 16.6 Å². The first kappa shape index (κ1) is 13.3. The van der Waals surface area contributed by atoms with Crippen molar-refractivity contribution < 1.29 is 9.18 Å². The molecule has 1 aliphatic heterocycles. The van der Waals surface area contributed by atoms with Gasteiger partial charge in [0.05, 0.1) is 4.47 Å². The average molecular weight is 315 g/mol. The number of halogens is 2. The molecule has 3 nitrogen and oxygen atoms in total. The Morgan fingerprint density at radius 2 is 2.28 bits per heavy atom. The normalized spacial score (nSPS) is 20.2. The molecule has 1 saturated heterocycles. The zero-order chi connectivity index (χ0) is 13.1. The third kappa shape index (κ3) is 3.22. The van der Waals surface area contributed by atoms with Gasteiger partial charge in [0.1, 0.15) is 5.82 Å². The SMILES string of the molecule is Cc1cc(Br)c(F)cc1NC1CCCNC(=O)C1. The second-order valence-electron chi connectivity index (χ2n) is 4.62. The van der Waals surface area contributed by atoms with Gasteiger partial charge in [-0.2, -0.15) is 0 Å². The summed E-state index contributed by atoms with van der Waals surface area (Å²) in [6, 6.07) is 3.29. The molecule has 0 saturated carbocycles. The molecule has 2 N–H and O–H groups in total. The van der Waals surface area contributed by atoms with Crippen LogP contribution >= 0.6 is 15.9 Å². The monoisotopic (exact) mass is 314 g/mol. The molecule has 0 spiro atoms. The highest BCUT2D eigenvalue weighted by Crippen LogP contribution is 2.25. The fourth-order valence-electron chi connectivity index (χ4n) is 2.12. The quantitative estimate of drug-likeness (QED) is 0.881. The maximum Gasteiger partial charge on any atom is 0.222 e. The van der Waals surface area contributed by atoms with Gasteiger partial charge in [0.25, 0.3) is 0 Å². The fourth-order valence-corrected chi connectivity index (χ4v) is 2.58. The molecule has 0 aromatic heterocycles. The molecule has 0 radical (unpaired) electrons. The Morgan fingerprint density at radius 3 is 3.06 bits per heavy atom. The van der Waals surface area contributed by atoms with E-state index in [1.165, 1.54) is 6.07 Å². The van der Waals surface area contributed by atoms with Crippen LogP contribution in [0.1, 0.15) is 24.8 Å². The number of carbonyl (C=O) groups excluding carboxylic acids is 1. The molecule has 1 fully saturated rings. The molecule has 1 amide bonds. The number of amides is 1. The molecule has 2 rings (SSSR count). The summed E-state index contributed by atoms with van der Waals surface area (Å²) < 4.78 is 14.0. The van der Waals surface area contributed by atoms with Crippen molar-refractivity contribution in [3.05, 3.63) is 28.0 Å². The van der Waals surface area contributed by atoms with Gasteiger partial charge in [-0.25, -0.2) is 4.39 Å². The molecule has 1 heterocycles. The van der Waals surface area contributed by atoms with Gasteiger partial charge < -0.3 is 10.6 Å². The van der Waals surface area contributed by atoms with Crippen LogP contribution in [0.4, 0.5) is 10.1 Å². The van der Waals surface area contributed by atoms with Crippen molar-refractivity contribution in [1.82, 2.24) is 5.32 Å². The van der Waals surface area contributed by atoms with E-state index < -0.39 is 0 Å². The largest absolute Gasteiger partial charge is 0.381 e. The predicted molar refractivity (Wildman–Crippen MR) is 73.1 cm³/mol. The Morgan fingerprint density at radius 1 is 1.50 bits per heavy atom. The highest BCUT2D eigenvalue weighted by atomic mass is 79.9. The Balaban J connectivity index is 2.13. The minimum atomic E-state index is -0.291. The van der Waals surface area contributed by atoms with E-state index in [2.05, 4.69) is 26.6 Å². The van der Waals surface area contributed by atoms with Crippen LogP contribution in [-0.2, 0) is 4.79 Å². The van der Waals surface area contributed by atoms with Crippen molar-refractivity contribution in [2.24, 2.45) is 0 Å². The van der Waals surface area contributed by atoms with E-state index in [4.69, 9.17) is 0 Å². The lowest BCUT2D eigenvalue weighted by atomic mass is 10.1. The summed E-state index contributed by atoms with van der Waals surface area (Å²) in [4.78, 5) is 11.5. The van der Waals surface area contributed by atoms with Crippen molar-refractivity contribution in [3.8, 4) is 0 Å². The molecular formula is C13H16BrFN2O. The number of rotatable bonds is 2. The van der Waals surface area contributed by atoms with E-state index in [0.29, 0.717) is 10.9 Å². The Bertz CT molecular complexity index is 465. The first-order valence-electron chi connectivity index (χ1n) is 6.05. The van der Waals surface area contributed by atoms with E-state index in [0.717, 1.165) is 30.6 Å². The molecule has 5 heteroatoms. The van der Waals surface area contributed by atoms with Crippen molar-refractivity contribution in [2.75, 3.05) is 11.9 Å². The smallest absolute Gasteiger partial charge is 0.222 e. The van der Waals surface area contributed by atoms with Crippen LogP contribution in [0.3, 0.4) is 0 Å². The van der Waals surface area contributed by atoms with Crippen LogP contribution < -0.4 is 10.6 Å². The lowest BCUT2D eigenvalue weighted by molar-refractivity contribution is -0.120. The minimum Gasteiger partial charge on any atom is -0.381 e. The topological polar surface area (TPSA) is 41.1 Å². The van der Waals surface area contributed by atoms with Gasteiger partial charge in [-0.15, -0.1) is 0 Å². The van der Waals surface area contributed by atoms with Crippen LogP contribution in [0.2, 0.25) is 0 Å². The molecule has 1 aromatic carbocycles. The number of hydrogen-bond acceptors (Lipinski definition) is 2. The van der Waals surface area contributed by atoms with Crippen molar-refractivity contribution >= 4 is 27.5 Å². The maximum atomic E-state index is 13.5. The summed E-state index contributed by atoms with van der Waals surface area (Å²) in [5.41, 5.74) is 1.73. The first-order valence-corrected chi connectivity index (χ1v) is 6.84. The number of benzene rings is 1. The van der Waals surface area contributed by atoms with Crippen molar-refractivity contribution in [3.63, 3.8) is 0 Å². The van der Waals surface area contributed by atoms with Gasteiger partial charge in [0.15, 0.2) is 0 Å². The highest BCUT2D eigenvalue weighted by Gasteiger charge is 2.18. The van der Waals surface area contributed by atoms with E-state index in [1.807, 2.05) is 6.92 Å². The Labute approximate surface area is 114 Å². The maximum absolute atomic E-state index is 13.5. The van der Waals surface area contributed by atoms with E-state index in [-0.39, 0.29) is 17.8 Å². The summed E-state index contributed by atoms with van der Waals surface area (Å²) >= 11 is 3.16. The standard InChI is InChI=1S/C13H16BrFN2O/c1-8-5-10(14)11(15)7-12(8)17-9-3-2-4-16-13(18)6-9/h5,7,9,17H,2-4,6H2,1H3,(H,16,18). The lowest BCUT2D eigenvalue weighted by Gasteiger charge is -2.18. The second-order valence-corrected chi connectivity index (χ2v) is 5.47. The number of aryl methyl sites for hydroxylation is 1. The van der Waals surface area contributed by atoms with Crippen LogP contribution in [-0.4, -0.2) is 18.5 Å². The summed E-state index contributed by atoms with van der Waals surface area (Å²) in [5, 5.41) is 6.10. The number of nitrogens with one attached hydrogen (secondary N) is 2. The molecule has 0 aliphatic carbocycles. The van der Waals surface area contributed by atoms with E-state index in [9.17, 15) is 9.18 Å². The molecule has 98 valence electrons. The molecule has 1 aromatic rings. The van der Waals surface area contributed by atoms with Gasteiger partial charge in [0.2, 0.25) is 5.91 Å². The predicted octanol–water partition coefficient (Wildman–Crippen LogP) is 2.98. The Kier molecular flexibility index (Phi) is 4.22. The first-order chi connectivity index (χ1) is 8.56. The van der Waals surface area contributed by atoms with E-state index in [1.54, 1.807) is 6.07 Å². The number of hydrogen-bond donors (Lipinski definition) is 2. The van der Waals surface area contributed by atoms with Gasteiger partial charge in [0, 0.05) is 24.7 Å². The summed E-state index contributed by atoms with van der Waals surface area (Å²) in [5.74, 6) is -0.235. The van der Waals surface area contributed by atoms with Gasteiger partial charge >= 0.3 is 0 Å². The van der Waals surface area contributed by atoms with E-state index >= 15 is 0 Å². The molecule has 1 atom stereocenters. The lowest BCUT2D eigenvalue weighted by Crippen LogP contribution is -2.27. The zero-order valence-corrected chi connectivity index (χ0v) is 11.8. The average Bonchev–Trinajstić information content (AvgIpc) is 2.50. The van der Waals surface area contributed by atoms with Gasteiger partial charge in [-0.3, -0.25) is 4.79 Å². The van der Waals surface area contributed by atoms with Crippen LogP contribution in [0.5, 0.6) is 0 Å². The van der Waals surface area contributed by atoms with Crippen molar-refractivity contribution in [2.45, 2.75) is 32.2 Å². The Hall–Kier alpha value is -1.10. The number of anilines is 1. The zero-order valence-electron chi connectivity index (χ0n) is 10.2. The molecular weight excluding hydrogens is 299 g/mol. The fraction of sp³-hybridized carbons (Fsp3) is 0.462. The molecule has 1 aliphatic rings. The third-order valence-electron chi connectivity index (χ3n) is 3.11. The molecule has 18 heavy (non-hydrogen) atoms. The second kappa shape index (κ2) is 5.69. The van der Waals surface area contributed by atoms with Crippen LogP contribution in [0.25, 0.3) is 0 Å². The van der Waals surface area contributed by atoms with Gasteiger partial charge in [-0.1, -0.05) is 0 Å². The number of carbonyl (C=O) groups is 1. The van der Waals surface area contributed by atoms with Gasteiger partial charge in [-0.05, 0) is 53.4 Å². The summed E-state index contributed by atoms with van der Waals surface area (Å²) in [7, 11) is 0. The molecule has 1 unspecified atom stereocenters. The van der Waals surface area contributed by atoms with Crippen molar-refractivity contribution in [1.29, 1.82) is 0 Å². The third-order valence-corrected chi connectivity index (χ3v) is 3.72. The minimum absolute atomic E-state index is 0.0558. The summed E-state index contributed by atoms with van der Waals surface area (Å²) in [6.07, 6.45) is 2.30. The molecule has 0 bridgehead atoms. The van der Waals surface area contributed by atoms with Crippen LogP contribution in [0, 0.1) is 12.7 Å². The summed E-state index contributed by atoms with van der Waals surface area (Å²) in [6.45, 7) is 2.65. The highest BCUT2D eigenvalue weighted by molar-refractivity contribution is 9.10.